The van der Waals surface area contributed by atoms with Gasteiger partial charge >= 0.3 is 0 Å². The lowest BCUT2D eigenvalue weighted by Crippen LogP contribution is -2.42. The van der Waals surface area contributed by atoms with Crippen LogP contribution < -0.4 is 0 Å². The number of aliphatic hydroxyl groups is 1. The lowest BCUT2D eigenvalue weighted by Gasteiger charge is -2.28. The molecule has 1 aromatic carbocycles. The number of hydrogen-bond donors (Lipinski definition) is 1. The maximum atomic E-state index is 13.3. The van der Waals surface area contributed by atoms with Gasteiger partial charge in [0.25, 0.3) is 5.91 Å². The molecule has 2 rings (SSSR count). The van der Waals surface area contributed by atoms with Gasteiger partial charge in [-0.25, -0.2) is 4.39 Å². The van der Waals surface area contributed by atoms with Crippen LogP contribution in [-0.4, -0.2) is 35.1 Å². The minimum Gasteiger partial charge on any atom is -0.388 e. The zero-order valence-corrected chi connectivity index (χ0v) is 11.6. The molecular formula is C14H17ClFNO2. The Hall–Kier alpha value is -1.13. The van der Waals surface area contributed by atoms with E-state index in [1.54, 1.807) is 7.05 Å². The summed E-state index contributed by atoms with van der Waals surface area (Å²) in [5.74, 6) is -0.981. The van der Waals surface area contributed by atoms with Crippen molar-refractivity contribution in [3.63, 3.8) is 0 Å². The Bertz CT molecular complexity index is 486. The minimum absolute atomic E-state index is 0.130. The molecule has 0 unspecified atom stereocenters. The van der Waals surface area contributed by atoms with Crippen LogP contribution >= 0.6 is 11.6 Å². The molecule has 0 spiro atoms. The summed E-state index contributed by atoms with van der Waals surface area (Å²) in [7, 11) is 1.60. The fraction of sp³-hybridized carbons (Fsp3) is 0.500. The van der Waals surface area contributed by atoms with E-state index in [-0.39, 0.29) is 23.0 Å². The molecule has 1 aromatic rings. The first-order valence-corrected chi connectivity index (χ1v) is 6.73. The standard InChI is InChI=1S/C14H17ClFNO2/c1-17(9-14(19)7-2-3-8-14)13(18)10-5-4-6-11(16)12(10)15/h4-6,19H,2-3,7-9H2,1H3. The highest BCUT2D eigenvalue weighted by Gasteiger charge is 2.34. The molecule has 1 aliphatic carbocycles. The van der Waals surface area contributed by atoms with E-state index in [9.17, 15) is 14.3 Å². The predicted octanol–water partition coefficient (Wildman–Crippen LogP) is 2.86. The van der Waals surface area contributed by atoms with E-state index in [0.717, 1.165) is 12.8 Å². The Labute approximate surface area is 117 Å². The van der Waals surface area contributed by atoms with Crippen LogP contribution in [0.4, 0.5) is 4.39 Å². The minimum atomic E-state index is -0.815. The summed E-state index contributed by atoms with van der Waals surface area (Å²) in [6.45, 7) is 0.249. The monoisotopic (exact) mass is 285 g/mol. The second kappa shape index (κ2) is 5.47. The van der Waals surface area contributed by atoms with Gasteiger partial charge in [0.2, 0.25) is 0 Å². The lowest BCUT2D eigenvalue weighted by molar-refractivity contribution is 0.0156. The third kappa shape index (κ3) is 3.07. The van der Waals surface area contributed by atoms with Crippen molar-refractivity contribution < 1.29 is 14.3 Å². The summed E-state index contributed by atoms with van der Waals surface area (Å²) in [5.41, 5.74) is -0.685. The molecule has 0 heterocycles. The molecule has 19 heavy (non-hydrogen) atoms. The predicted molar refractivity (Wildman–Crippen MR) is 71.8 cm³/mol. The van der Waals surface area contributed by atoms with Crippen LogP contribution in [0.3, 0.4) is 0 Å². The van der Waals surface area contributed by atoms with Gasteiger partial charge in [-0.3, -0.25) is 4.79 Å². The van der Waals surface area contributed by atoms with Gasteiger partial charge < -0.3 is 10.0 Å². The number of likely N-dealkylation sites (N-methyl/N-ethyl adjacent to an activating group) is 1. The van der Waals surface area contributed by atoms with E-state index in [1.807, 2.05) is 0 Å². The van der Waals surface area contributed by atoms with Crippen LogP contribution in [0.15, 0.2) is 18.2 Å². The van der Waals surface area contributed by atoms with Crippen molar-refractivity contribution in [3.8, 4) is 0 Å². The fourth-order valence-electron chi connectivity index (χ4n) is 2.58. The molecule has 0 atom stereocenters. The summed E-state index contributed by atoms with van der Waals surface area (Å²) < 4.78 is 13.3. The molecule has 1 fully saturated rings. The average Bonchev–Trinajstić information content (AvgIpc) is 2.78. The number of halogens is 2. The summed E-state index contributed by atoms with van der Waals surface area (Å²) in [5, 5.41) is 10.1. The van der Waals surface area contributed by atoms with Gasteiger partial charge in [0.15, 0.2) is 0 Å². The quantitative estimate of drug-likeness (QED) is 0.928. The Kier molecular flexibility index (Phi) is 4.11. The van der Waals surface area contributed by atoms with Crippen molar-refractivity contribution >= 4 is 17.5 Å². The normalized spacial score (nSPS) is 17.5. The smallest absolute Gasteiger partial charge is 0.255 e. The molecule has 1 aliphatic rings. The van der Waals surface area contributed by atoms with Crippen molar-refractivity contribution in [2.24, 2.45) is 0 Å². The number of benzene rings is 1. The van der Waals surface area contributed by atoms with Crippen LogP contribution in [0.1, 0.15) is 36.0 Å². The second-order valence-corrected chi connectivity index (χ2v) is 5.57. The van der Waals surface area contributed by atoms with Crippen LogP contribution in [-0.2, 0) is 0 Å². The largest absolute Gasteiger partial charge is 0.388 e. The van der Waals surface area contributed by atoms with Crippen molar-refractivity contribution in [1.82, 2.24) is 4.90 Å². The molecule has 1 amide bonds. The summed E-state index contributed by atoms with van der Waals surface area (Å²) in [6.07, 6.45) is 3.33. The zero-order valence-electron chi connectivity index (χ0n) is 10.8. The van der Waals surface area contributed by atoms with Gasteiger partial charge in [0, 0.05) is 13.6 Å². The van der Waals surface area contributed by atoms with Gasteiger partial charge in [-0.15, -0.1) is 0 Å². The topological polar surface area (TPSA) is 40.5 Å². The van der Waals surface area contributed by atoms with Crippen molar-refractivity contribution in [2.45, 2.75) is 31.3 Å². The fourth-order valence-corrected chi connectivity index (χ4v) is 2.79. The number of carbonyl (C=O) groups excluding carboxylic acids is 1. The van der Waals surface area contributed by atoms with Gasteiger partial charge in [0.05, 0.1) is 16.2 Å². The molecule has 0 bridgehead atoms. The first-order chi connectivity index (χ1) is 8.93. The summed E-state index contributed by atoms with van der Waals surface area (Å²) in [6, 6.07) is 4.15. The van der Waals surface area contributed by atoms with Gasteiger partial charge in [0.1, 0.15) is 5.82 Å². The lowest BCUT2D eigenvalue weighted by atomic mass is 10.0. The van der Waals surface area contributed by atoms with Crippen LogP contribution in [0.2, 0.25) is 5.02 Å². The number of hydrogen-bond acceptors (Lipinski definition) is 2. The highest BCUT2D eigenvalue weighted by molar-refractivity contribution is 6.33. The number of amides is 1. The Balaban J connectivity index is 2.12. The highest BCUT2D eigenvalue weighted by Crippen LogP contribution is 2.30. The third-order valence-electron chi connectivity index (χ3n) is 3.59. The molecule has 0 aliphatic heterocycles. The van der Waals surface area contributed by atoms with Gasteiger partial charge in [-0.2, -0.15) is 0 Å². The maximum absolute atomic E-state index is 13.3. The molecule has 0 radical (unpaired) electrons. The Morgan fingerprint density at radius 3 is 2.74 bits per heavy atom. The molecular weight excluding hydrogens is 269 g/mol. The molecule has 104 valence electrons. The van der Waals surface area contributed by atoms with E-state index < -0.39 is 11.4 Å². The van der Waals surface area contributed by atoms with E-state index in [4.69, 9.17) is 11.6 Å². The number of carbonyl (C=O) groups is 1. The highest BCUT2D eigenvalue weighted by atomic mass is 35.5. The Morgan fingerprint density at radius 2 is 2.11 bits per heavy atom. The van der Waals surface area contributed by atoms with E-state index in [0.29, 0.717) is 12.8 Å². The first-order valence-electron chi connectivity index (χ1n) is 6.35. The van der Waals surface area contributed by atoms with E-state index in [1.165, 1.54) is 23.1 Å². The summed E-state index contributed by atoms with van der Waals surface area (Å²) >= 11 is 5.80. The molecule has 3 nitrogen and oxygen atoms in total. The van der Waals surface area contributed by atoms with Crippen LogP contribution in [0, 0.1) is 5.82 Å². The molecule has 1 N–H and O–H groups in total. The molecule has 0 aromatic heterocycles. The maximum Gasteiger partial charge on any atom is 0.255 e. The molecule has 5 heteroatoms. The number of rotatable bonds is 3. The zero-order chi connectivity index (χ0) is 14.0. The first kappa shape index (κ1) is 14.3. The molecule has 1 saturated carbocycles. The third-order valence-corrected chi connectivity index (χ3v) is 3.98. The van der Waals surface area contributed by atoms with Crippen molar-refractivity contribution in [1.29, 1.82) is 0 Å². The van der Waals surface area contributed by atoms with E-state index >= 15 is 0 Å². The van der Waals surface area contributed by atoms with Crippen LogP contribution in [0.5, 0.6) is 0 Å². The Morgan fingerprint density at radius 1 is 1.47 bits per heavy atom. The van der Waals surface area contributed by atoms with Crippen molar-refractivity contribution in [2.75, 3.05) is 13.6 Å². The van der Waals surface area contributed by atoms with Crippen LogP contribution in [0.25, 0.3) is 0 Å². The van der Waals surface area contributed by atoms with Crippen molar-refractivity contribution in [3.05, 3.63) is 34.6 Å². The van der Waals surface area contributed by atoms with Gasteiger partial charge in [-0.05, 0) is 25.0 Å². The number of nitrogens with zero attached hydrogens (tertiary/aromatic N) is 1. The second-order valence-electron chi connectivity index (χ2n) is 5.19. The summed E-state index contributed by atoms with van der Waals surface area (Å²) in [4.78, 5) is 13.6. The average molecular weight is 286 g/mol. The van der Waals surface area contributed by atoms with E-state index in [2.05, 4.69) is 0 Å². The van der Waals surface area contributed by atoms with Gasteiger partial charge in [-0.1, -0.05) is 30.5 Å². The molecule has 0 saturated heterocycles. The SMILES string of the molecule is CN(CC1(O)CCCC1)C(=O)c1cccc(F)c1Cl.